The number of rotatable bonds is 4. The summed E-state index contributed by atoms with van der Waals surface area (Å²) in [7, 11) is 0. The molecule has 3 amide bonds. The van der Waals surface area contributed by atoms with E-state index in [0.29, 0.717) is 5.69 Å². The number of carbonyl (C=O) groups is 3. The van der Waals surface area contributed by atoms with Crippen LogP contribution in [0, 0.1) is 33.8 Å². The van der Waals surface area contributed by atoms with Gasteiger partial charge in [-0.25, -0.2) is 0 Å². The highest BCUT2D eigenvalue weighted by molar-refractivity contribution is 6.09. The Balaban J connectivity index is 1.42. The van der Waals surface area contributed by atoms with Crippen LogP contribution in [0.25, 0.3) is 0 Å². The Labute approximate surface area is 142 Å². The summed E-state index contributed by atoms with van der Waals surface area (Å²) in [4.78, 5) is 48.3. The summed E-state index contributed by atoms with van der Waals surface area (Å²) in [5, 5.41) is 13.2. The molecule has 25 heavy (non-hydrogen) atoms. The average Bonchev–Trinajstić information content (AvgIpc) is 3.25. The van der Waals surface area contributed by atoms with Crippen molar-refractivity contribution in [2.75, 3.05) is 11.9 Å². The highest BCUT2D eigenvalue weighted by atomic mass is 16.6. The molecule has 1 N–H and O–H groups in total. The topological polar surface area (TPSA) is 110 Å². The molecule has 4 unspecified atom stereocenters. The van der Waals surface area contributed by atoms with Crippen LogP contribution in [0.4, 0.5) is 11.4 Å². The molecule has 1 saturated heterocycles. The van der Waals surface area contributed by atoms with E-state index in [1.54, 1.807) is 0 Å². The zero-order valence-corrected chi connectivity index (χ0v) is 13.1. The fourth-order valence-electron chi connectivity index (χ4n) is 4.13. The standard InChI is InChI=1S/C17H15N3O5/c21-13(18-11-3-5-12(6-4-11)20(24)25)8-19-16(22)14-9-1-2-10(7-9)15(14)17(19)23/h1-6,9-10,14-15H,7-8H2,(H,18,21). The quantitative estimate of drug-likeness (QED) is 0.385. The van der Waals surface area contributed by atoms with Gasteiger partial charge in [-0.2, -0.15) is 0 Å². The molecule has 1 heterocycles. The van der Waals surface area contributed by atoms with Gasteiger partial charge in [0.2, 0.25) is 17.7 Å². The van der Waals surface area contributed by atoms with Crippen molar-refractivity contribution in [1.82, 2.24) is 4.90 Å². The Bertz CT molecular complexity index is 786. The minimum Gasteiger partial charge on any atom is -0.325 e. The first-order valence-corrected chi connectivity index (χ1v) is 8.03. The Morgan fingerprint density at radius 3 is 2.20 bits per heavy atom. The maximum absolute atomic E-state index is 12.5. The second-order valence-electron chi connectivity index (χ2n) is 6.61. The van der Waals surface area contributed by atoms with Crippen LogP contribution < -0.4 is 5.32 Å². The molecule has 0 spiro atoms. The maximum atomic E-state index is 12.5. The van der Waals surface area contributed by atoms with Gasteiger partial charge < -0.3 is 5.32 Å². The van der Waals surface area contributed by atoms with Gasteiger partial charge in [0.05, 0.1) is 16.8 Å². The van der Waals surface area contributed by atoms with Gasteiger partial charge in [0.1, 0.15) is 6.54 Å². The van der Waals surface area contributed by atoms with Crippen molar-refractivity contribution in [2.24, 2.45) is 23.7 Å². The zero-order valence-electron chi connectivity index (χ0n) is 13.1. The monoisotopic (exact) mass is 341 g/mol. The highest BCUT2D eigenvalue weighted by Crippen LogP contribution is 2.52. The summed E-state index contributed by atoms with van der Waals surface area (Å²) in [5.41, 5.74) is 0.287. The fraction of sp³-hybridized carbons (Fsp3) is 0.353. The van der Waals surface area contributed by atoms with Crippen LogP contribution in [0.5, 0.6) is 0 Å². The van der Waals surface area contributed by atoms with E-state index >= 15 is 0 Å². The molecule has 0 aromatic heterocycles. The number of allylic oxidation sites excluding steroid dienone is 2. The lowest BCUT2D eigenvalue weighted by Crippen LogP contribution is -2.39. The number of hydrogen-bond acceptors (Lipinski definition) is 5. The lowest BCUT2D eigenvalue weighted by atomic mass is 9.85. The van der Waals surface area contributed by atoms with E-state index in [0.717, 1.165) is 11.3 Å². The summed E-state index contributed by atoms with van der Waals surface area (Å²) in [6.07, 6.45) is 4.84. The molecular weight excluding hydrogens is 326 g/mol. The zero-order chi connectivity index (χ0) is 17.7. The number of nitrogens with zero attached hydrogens (tertiary/aromatic N) is 2. The lowest BCUT2D eigenvalue weighted by Gasteiger charge is -2.16. The molecule has 2 fully saturated rings. The van der Waals surface area contributed by atoms with Gasteiger partial charge in [-0.3, -0.25) is 29.4 Å². The third-order valence-electron chi connectivity index (χ3n) is 5.23. The van der Waals surface area contributed by atoms with Crippen LogP contribution in [0.1, 0.15) is 6.42 Å². The fourth-order valence-corrected chi connectivity index (χ4v) is 4.13. The molecule has 0 radical (unpaired) electrons. The van der Waals surface area contributed by atoms with Crippen molar-refractivity contribution in [3.8, 4) is 0 Å². The van der Waals surface area contributed by atoms with Crippen LogP contribution in [0.2, 0.25) is 0 Å². The molecule has 1 aromatic rings. The molecule has 1 aromatic carbocycles. The van der Waals surface area contributed by atoms with Crippen molar-refractivity contribution in [2.45, 2.75) is 6.42 Å². The summed E-state index contributed by atoms with van der Waals surface area (Å²) < 4.78 is 0. The predicted octanol–water partition coefficient (Wildman–Crippen LogP) is 1.34. The number of non-ortho nitro benzene ring substituents is 1. The minimum absolute atomic E-state index is 0.0845. The molecule has 1 saturated carbocycles. The summed E-state index contributed by atoms with van der Waals surface area (Å²) in [6, 6.07) is 5.36. The summed E-state index contributed by atoms with van der Waals surface area (Å²) >= 11 is 0. The molecule has 2 aliphatic carbocycles. The van der Waals surface area contributed by atoms with Crippen molar-refractivity contribution >= 4 is 29.1 Å². The van der Waals surface area contributed by atoms with Crippen LogP contribution in [-0.4, -0.2) is 34.1 Å². The molecule has 1 aliphatic heterocycles. The van der Waals surface area contributed by atoms with E-state index in [-0.39, 0.29) is 47.7 Å². The molecule has 2 bridgehead atoms. The Kier molecular flexibility index (Phi) is 3.41. The largest absolute Gasteiger partial charge is 0.325 e. The van der Waals surface area contributed by atoms with Crippen LogP contribution in [0.3, 0.4) is 0 Å². The number of nitro benzene ring substituents is 1. The van der Waals surface area contributed by atoms with Gasteiger partial charge >= 0.3 is 0 Å². The van der Waals surface area contributed by atoms with E-state index in [2.05, 4.69) is 5.32 Å². The van der Waals surface area contributed by atoms with Crippen LogP contribution in [0.15, 0.2) is 36.4 Å². The second-order valence-corrected chi connectivity index (χ2v) is 6.61. The second kappa shape index (κ2) is 5.51. The number of anilines is 1. The van der Waals surface area contributed by atoms with Crippen molar-refractivity contribution in [3.05, 3.63) is 46.5 Å². The van der Waals surface area contributed by atoms with E-state index in [1.807, 2.05) is 12.2 Å². The summed E-state index contributed by atoms with van der Waals surface area (Å²) in [5.74, 6) is -1.49. The van der Waals surface area contributed by atoms with Gasteiger partial charge in [-0.1, -0.05) is 12.2 Å². The molecule has 4 atom stereocenters. The number of hydrogen-bond donors (Lipinski definition) is 1. The highest BCUT2D eigenvalue weighted by Gasteiger charge is 2.59. The third-order valence-corrected chi connectivity index (χ3v) is 5.23. The lowest BCUT2D eigenvalue weighted by molar-refractivity contribution is -0.384. The van der Waals surface area contributed by atoms with Crippen molar-refractivity contribution in [3.63, 3.8) is 0 Å². The Morgan fingerprint density at radius 1 is 1.12 bits per heavy atom. The number of benzene rings is 1. The number of amides is 3. The van der Waals surface area contributed by atoms with E-state index < -0.39 is 10.8 Å². The first kappa shape index (κ1) is 15.5. The minimum atomic E-state index is -0.533. The number of likely N-dealkylation sites (tertiary alicyclic amines) is 1. The maximum Gasteiger partial charge on any atom is 0.269 e. The van der Waals surface area contributed by atoms with Crippen molar-refractivity contribution < 1.29 is 19.3 Å². The number of carbonyl (C=O) groups excluding carboxylic acids is 3. The molecule has 3 aliphatic rings. The van der Waals surface area contributed by atoms with E-state index in [4.69, 9.17) is 0 Å². The SMILES string of the molecule is O=C(CN1C(=O)C2C3C=CC(C3)C2C1=O)Nc1ccc([N+](=O)[O-])cc1. The first-order valence-electron chi connectivity index (χ1n) is 8.03. The number of nitro groups is 1. The predicted molar refractivity (Wildman–Crippen MR) is 86.2 cm³/mol. The first-order chi connectivity index (χ1) is 12.0. The average molecular weight is 341 g/mol. The third kappa shape index (κ3) is 2.41. The van der Waals surface area contributed by atoms with Gasteiger partial charge in [0.25, 0.3) is 5.69 Å². The van der Waals surface area contributed by atoms with Crippen molar-refractivity contribution in [1.29, 1.82) is 0 Å². The van der Waals surface area contributed by atoms with Gasteiger partial charge in [-0.05, 0) is 30.4 Å². The number of imide groups is 1. The molecular formula is C17H15N3O5. The van der Waals surface area contributed by atoms with Crippen LogP contribution >= 0.6 is 0 Å². The Morgan fingerprint density at radius 2 is 1.68 bits per heavy atom. The molecule has 8 nitrogen and oxygen atoms in total. The van der Waals surface area contributed by atoms with Gasteiger partial charge in [-0.15, -0.1) is 0 Å². The number of nitrogens with one attached hydrogen (secondary N) is 1. The number of fused-ring (bicyclic) bond motifs is 5. The molecule has 4 rings (SSSR count). The smallest absolute Gasteiger partial charge is 0.269 e. The van der Waals surface area contributed by atoms with Gasteiger partial charge in [0.15, 0.2) is 0 Å². The molecule has 128 valence electrons. The summed E-state index contributed by atoms with van der Waals surface area (Å²) in [6.45, 7) is -0.332. The van der Waals surface area contributed by atoms with Crippen LogP contribution in [-0.2, 0) is 14.4 Å². The Hall–Kier alpha value is -3.03. The van der Waals surface area contributed by atoms with E-state index in [9.17, 15) is 24.5 Å². The normalized spacial score (nSPS) is 29.2. The van der Waals surface area contributed by atoms with Gasteiger partial charge in [0, 0.05) is 17.8 Å². The van der Waals surface area contributed by atoms with E-state index in [1.165, 1.54) is 24.3 Å². The molecule has 8 heteroatoms.